The van der Waals surface area contributed by atoms with Gasteiger partial charge in [-0.15, -0.1) is 0 Å². The lowest BCUT2D eigenvalue weighted by Gasteiger charge is -2.25. The van der Waals surface area contributed by atoms with Gasteiger partial charge in [0.15, 0.2) is 0 Å². The van der Waals surface area contributed by atoms with Gasteiger partial charge in [-0.25, -0.2) is 0 Å². The summed E-state index contributed by atoms with van der Waals surface area (Å²) >= 11 is 0. The molecule has 0 aliphatic carbocycles. The lowest BCUT2D eigenvalue weighted by Crippen LogP contribution is -2.42. The molecule has 0 unspecified atom stereocenters. The van der Waals surface area contributed by atoms with Crippen molar-refractivity contribution in [3.05, 3.63) is 35.9 Å². The van der Waals surface area contributed by atoms with Crippen molar-refractivity contribution in [1.82, 2.24) is 15.1 Å². The van der Waals surface area contributed by atoms with Crippen LogP contribution in [0.4, 0.5) is 0 Å². The highest BCUT2D eigenvalue weighted by atomic mass is 16.2. The Morgan fingerprint density at radius 3 is 2.79 bits per heavy atom. The van der Waals surface area contributed by atoms with E-state index in [1.807, 2.05) is 6.07 Å². The van der Waals surface area contributed by atoms with Gasteiger partial charge in [0.2, 0.25) is 5.91 Å². The van der Waals surface area contributed by atoms with Crippen LogP contribution in [0.5, 0.6) is 0 Å². The molecule has 2 fully saturated rings. The molecule has 4 heteroatoms. The van der Waals surface area contributed by atoms with Gasteiger partial charge in [-0.3, -0.25) is 14.6 Å². The molecule has 132 valence electrons. The SMILES string of the molecule is CC[C@@H](CNC(=O)CN1CCCN2CCC[C@@H]2C1)c1ccccc1. The van der Waals surface area contributed by atoms with Crippen molar-refractivity contribution >= 4 is 5.91 Å². The van der Waals surface area contributed by atoms with Gasteiger partial charge in [0.1, 0.15) is 0 Å². The highest BCUT2D eigenvalue weighted by Crippen LogP contribution is 2.21. The zero-order chi connectivity index (χ0) is 16.8. The molecule has 0 bridgehead atoms. The van der Waals surface area contributed by atoms with Crippen molar-refractivity contribution in [1.29, 1.82) is 0 Å². The number of carbonyl (C=O) groups is 1. The molecule has 2 atom stereocenters. The van der Waals surface area contributed by atoms with Crippen LogP contribution in [-0.2, 0) is 4.79 Å². The molecular formula is C20H31N3O. The van der Waals surface area contributed by atoms with Crippen molar-refractivity contribution in [2.24, 2.45) is 0 Å². The number of hydrogen-bond donors (Lipinski definition) is 1. The van der Waals surface area contributed by atoms with E-state index in [9.17, 15) is 4.79 Å². The van der Waals surface area contributed by atoms with Crippen LogP contribution in [-0.4, -0.2) is 61.0 Å². The van der Waals surface area contributed by atoms with Crippen LogP contribution in [0.15, 0.2) is 30.3 Å². The predicted molar refractivity (Wildman–Crippen MR) is 98.1 cm³/mol. The molecule has 1 amide bonds. The number of hydrogen-bond acceptors (Lipinski definition) is 3. The van der Waals surface area contributed by atoms with Crippen molar-refractivity contribution in [2.75, 3.05) is 39.3 Å². The fourth-order valence-electron chi connectivity index (χ4n) is 4.15. The number of nitrogens with zero attached hydrogens (tertiary/aromatic N) is 2. The maximum Gasteiger partial charge on any atom is 0.234 e. The maximum absolute atomic E-state index is 12.4. The molecule has 1 aromatic rings. The summed E-state index contributed by atoms with van der Waals surface area (Å²) in [4.78, 5) is 17.4. The topological polar surface area (TPSA) is 35.6 Å². The van der Waals surface area contributed by atoms with E-state index in [1.54, 1.807) is 0 Å². The van der Waals surface area contributed by atoms with Crippen LogP contribution in [0.25, 0.3) is 0 Å². The molecule has 4 nitrogen and oxygen atoms in total. The number of rotatable bonds is 6. The lowest BCUT2D eigenvalue weighted by atomic mass is 9.96. The fraction of sp³-hybridized carbons (Fsp3) is 0.650. The summed E-state index contributed by atoms with van der Waals surface area (Å²) in [6.45, 7) is 8.04. The summed E-state index contributed by atoms with van der Waals surface area (Å²) in [6.07, 6.45) is 4.85. The number of carbonyl (C=O) groups excluding carboxylic acids is 1. The molecule has 2 heterocycles. The number of benzene rings is 1. The summed E-state index contributed by atoms with van der Waals surface area (Å²) in [7, 11) is 0. The van der Waals surface area contributed by atoms with E-state index in [4.69, 9.17) is 0 Å². The third-order valence-electron chi connectivity index (χ3n) is 5.56. The van der Waals surface area contributed by atoms with Crippen LogP contribution in [0.2, 0.25) is 0 Å². The van der Waals surface area contributed by atoms with Gasteiger partial charge < -0.3 is 5.32 Å². The van der Waals surface area contributed by atoms with Crippen LogP contribution in [0.3, 0.4) is 0 Å². The van der Waals surface area contributed by atoms with Gasteiger partial charge in [-0.2, -0.15) is 0 Å². The molecule has 2 saturated heterocycles. The van der Waals surface area contributed by atoms with Crippen LogP contribution in [0.1, 0.15) is 44.1 Å². The first-order valence-corrected chi connectivity index (χ1v) is 9.54. The van der Waals surface area contributed by atoms with Gasteiger partial charge in [-0.1, -0.05) is 37.3 Å². The van der Waals surface area contributed by atoms with Gasteiger partial charge in [0, 0.05) is 25.0 Å². The van der Waals surface area contributed by atoms with Gasteiger partial charge in [-0.05, 0) is 50.9 Å². The minimum Gasteiger partial charge on any atom is -0.354 e. The van der Waals surface area contributed by atoms with Crippen molar-refractivity contribution in [2.45, 2.75) is 44.6 Å². The molecular weight excluding hydrogens is 298 g/mol. The minimum atomic E-state index is 0.177. The third kappa shape index (κ3) is 4.58. The Kier molecular flexibility index (Phi) is 6.27. The average molecular weight is 329 g/mol. The number of nitrogens with one attached hydrogen (secondary N) is 1. The standard InChI is InChI=1S/C20H31N3O/c1-2-17(18-8-4-3-5-9-18)14-21-20(24)16-22-11-7-13-23-12-6-10-19(23)15-22/h3-5,8-9,17,19H,2,6-7,10-16H2,1H3,(H,21,24)/t17-,19+/m0/s1. The second kappa shape index (κ2) is 8.63. The van der Waals surface area contributed by atoms with Crippen molar-refractivity contribution in [3.8, 4) is 0 Å². The number of amides is 1. The molecule has 3 rings (SSSR count). The summed E-state index contributed by atoms with van der Waals surface area (Å²) in [5.74, 6) is 0.584. The van der Waals surface area contributed by atoms with Gasteiger partial charge in [0.25, 0.3) is 0 Å². The normalized spacial score (nSPS) is 23.5. The number of fused-ring (bicyclic) bond motifs is 1. The Hall–Kier alpha value is -1.39. The van der Waals surface area contributed by atoms with Crippen molar-refractivity contribution < 1.29 is 4.79 Å². The molecule has 0 spiro atoms. The highest BCUT2D eigenvalue weighted by Gasteiger charge is 2.29. The van der Waals surface area contributed by atoms with Crippen LogP contribution in [0, 0.1) is 0 Å². The first-order chi connectivity index (χ1) is 11.8. The quantitative estimate of drug-likeness (QED) is 0.871. The molecule has 2 aliphatic heterocycles. The van der Waals surface area contributed by atoms with Gasteiger partial charge in [0.05, 0.1) is 6.54 Å². The van der Waals surface area contributed by atoms with Gasteiger partial charge >= 0.3 is 0 Å². The molecule has 1 N–H and O–H groups in total. The molecule has 24 heavy (non-hydrogen) atoms. The van der Waals surface area contributed by atoms with E-state index in [2.05, 4.69) is 46.3 Å². The zero-order valence-electron chi connectivity index (χ0n) is 14.9. The maximum atomic E-state index is 12.4. The zero-order valence-corrected chi connectivity index (χ0v) is 14.9. The van der Waals surface area contributed by atoms with E-state index in [0.717, 1.165) is 26.1 Å². The molecule has 0 aromatic heterocycles. The fourth-order valence-corrected chi connectivity index (χ4v) is 4.15. The monoisotopic (exact) mass is 329 g/mol. The average Bonchev–Trinajstić information content (AvgIpc) is 2.95. The Balaban J connectivity index is 1.46. The smallest absolute Gasteiger partial charge is 0.234 e. The molecule has 2 aliphatic rings. The minimum absolute atomic E-state index is 0.177. The first kappa shape index (κ1) is 17.4. The Morgan fingerprint density at radius 2 is 2.00 bits per heavy atom. The summed E-state index contributed by atoms with van der Waals surface area (Å²) in [6, 6.07) is 11.2. The second-order valence-electron chi connectivity index (χ2n) is 7.24. The van der Waals surface area contributed by atoms with E-state index < -0.39 is 0 Å². The van der Waals surface area contributed by atoms with Crippen molar-refractivity contribution in [3.63, 3.8) is 0 Å². The van der Waals surface area contributed by atoms with E-state index >= 15 is 0 Å². The molecule has 0 radical (unpaired) electrons. The van der Waals surface area contributed by atoms with Crippen LogP contribution < -0.4 is 5.32 Å². The summed E-state index contributed by atoms with van der Waals surface area (Å²) in [5.41, 5.74) is 1.32. The van der Waals surface area contributed by atoms with E-state index in [1.165, 1.54) is 37.9 Å². The molecule has 1 aromatic carbocycles. The third-order valence-corrected chi connectivity index (χ3v) is 5.56. The first-order valence-electron chi connectivity index (χ1n) is 9.54. The Morgan fingerprint density at radius 1 is 1.21 bits per heavy atom. The highest BCUT2D eigenvalue weighted by molar-refractivity contribution is 5.78. The largest absolute Gasteiger partial charge is 0.354 e. The second-order valence-corrected chi connectivity index (χ2v) is 7.24. The van der Waals surface area contributed by atoms with E-state index in [0.29, 0.717) is 18.5 Å². The molecule has 0 saturated carbocycles. The predicted octanol–water partition coefficient (Wildman–Crippen LogP) is 2.47. The summed E-state index contributed by atoms with van der Waals surface area (Å²) in [5, 5.41) is 3.17. The lowest BCUT2D eigenvalue weighted by molar-refractivity contribution is -0.122. The Labute approximate surface area is 146 Å². The van der Waals surface area contributed by atoms with E-state index in [-0.39, 0.29) is 5.91 Å². The Bertz CT molecular complexity index is 519. The summed E-state index contributed by atoms with van der Waals surface area (Å²) < 4.78 is 0. The van der Waals surface area contributed by atoms with Crippen LogP contribution >= 0.6 is 0 Å².